The second-order valence-corrected chi connectivity index (χ2v) is 6.56. The summed E-state index contributed by atoms with van der Waals surface area (Å²) in [6.07, 6.45) is 2.24. The maximum atomic E-state index is 14.5. The lowest BCUT2D eigenvalue weighted by molar-refractivity contribution is 0.122. The standard InChI is InChI=1S/C20H23FN2O/c21-18-13-15(5-8-20(18)23-9-11-24-12-10-23)14-22-19-7-6-16-3-1-2-4-17(16)19/h1-5,8,13,19,22H,6-7,9-12,14H2/t19-/m1/s1. The molecule has 126 valence electrons. The lowest BCUT2D eigenvalue weighted by atomic mass is 10.1. The summed E-state index contributed by atoms with van der Waals surface area (Å²) < 4.78 is 19.8. The highest BCUT2D eigenvalue weighted by Gasteiger charge is 2.21. The molecular formula is C20H23FN2O. The molecule has 1 fully saturated rings. The smallest absolute Gasteiger partial charge is 0.146 e. The summed E-state index contributed by atoms with van der Waals surface area (Å²) in [4.78, 5) is 2.06. The molecule has 0 bridgehead atoms. The minimum absolute atomic E-state index is 0.136. The molecule has 0 amide bonds. The zero-order chi connectivity index (χ0) is 16.4. The van der Waals surface area contributed by atoms with Gasteiger partial charge in [0.15, 0.2) is 0 Å². The van der Waals surface area contributed by atoms with Crippen LogP contribution in [0.3, 0.4) is 0 Å². The molecule has 3 nitrogen and oxygen atoms in total. The summed E-state index contributed by atoms with van der Waals surface area (Å²) >= 11 is 0. The molecule has 1 atom stereocenters. The van der Waals surface area contributed by atoms with E-state index in [1.54, 1.807) is 6.07 Å². The molecule has 1 saturated heterocycles. The van der Waals surface area contributed by atoms with Gasteiger partial charge < -0.3 is 15.0 Å². The molecule has 1 aliphatic heterocycles. The van der Waals surface area contributed by atoms with Gasteiger partial charge in [-0.1, -0.05) is 30.3 Å². The Hall–Kier alpha value is -1.91. The number of hydrogen-bond donors (Lipinski definition) is 1. The molecule has 2 aromatic carbocycles. The predicted octanol–water partition coefficient (Wildman–Crippen LogP) is 3.44. The first kappa shape index (κ1) is 15.6. The van der Waals surface area contributed by atoms with Gasteiger partial charge in [-0.25, -0.2) is 4.39 Å². The highest BCUT2D eigenvalue weighted by Crippen LogP contribution is 2.31. The monoisotopic (exact) mass is 326 g/mol. The number of anilines is 1. The fraction of sp³-hybridized carbons (Fsp3) is 0.400. The molecule has 2 aliphatic rings. The van der Waals surface area contributed by atoms with Crippen LogP contribution in [-0.2, 0) is 17.7 Å². The van der Waals surface area contributed by atoms with Crippen molar-refractivity contribution in [3.05, 3.63) is 65.0 Å². The third-order valence-corrected chi connectivity index (χ3v) is 5.05. The highest BCUT2D eigenvalue weighted by molar-refractivity contribution is 5.49. The fourth-order valence-electron chi connectivity index (χ4n) is 3.73. The van der Waals surface area contributed by atoms with Crippen LogP contribution in [0.4, 0.5) is 10.1 Å². The van der Waals surface area contributed by atoms with E-state index in [-0.39, 0.29) is 5.82 Å². The third-order valence-electron chi connectivity index (χ3n) is 5.05. The van der Waals surface area contributed by atoms with Gasteiger partial charge in [-0.15, -0.1) is 0 Å². The van der Waals surface area contributed by atoms with Crippen molar-refractivity contribution in [3.63, 3.8) is 0 Å². The third kappa shape index (κ3) is 3.17. The van der Waals surface area contributed by atoms with Crippen LogP contribution in [0, 0.1) is 5.82 Å². The van der Waals surface area contributed by atoms with Crippen LogP contribution in [0.1, 0.15) is 29.2 Å². The molecule has 0 spiro atoms. The van der Waals surface area contributed by atoms with Gasteiger partial charge >= 0.3 is 0 Å². The van der Waals surface area contributed by atoms with Crippen molar-refractivity contribution < 1.29 is 9.13 Å². The van der Waals surface area contributed by atoms with Crippen LogP contribution in [-0.4, -0.2) is 26.3 Å². The van der Waals surface area contributed by atoms with Gasteiger partial charge in [-0.2, -0.15) is 0 Å². The van der Waals surface area contributed by atoms with Crippen molar-refractivity contribution in [3.8, 4) is 0 Å². The largest absolute Gasteiger partial charge is 0.378 e. The summed E-state index contributed by atoms with van der Waals surface area (Å²) in [6, 6.07) is 14.6. The van der Waals surface area contributed by atoms with Crippen molar-refractivity contribution in [1.29, 1.82) is 0 Å². The van der Waals surface area contributed by atoms with E-state index in [9.17, 15) is 4.39 Å². The molecule has 4 rings (SSSR count). The zero-order valence-electron chi connectivity index (χ0n) is 13.8. The number of ether oxygens (including phenoxy) is 1. The Morgan fingerprint density at radius 3 is 2.79 bits per heavy atom. The maximum absolute atomic E-state index is 14.5. The number of aryl methyl sites for hydroxylation is 1. The highest BCUT2D eigenvalue weighted by atomic mass is 19.1. The summed E-state index contributed by atoms with van der Waals surface area (Å²) in [5.41, 5.74) is 4.51. The van der Waals surface area contributed by atoms with Crippen molar-refractivity contribution >= 4 is 5.69 Å². The molecule has 0 radical (unpaired) electrons. The topological polar surface area (TPSA) is 24.5 Å². The number of hydrogen-bond acceptors (Lipinski definition) is 3. The number of nitrogens with one attached hydrogen (secondary N) is 1. The molecule has 2 aromatic rings. The van der Waals surface area contributed by atoms with E-state index in [1.165, 1.54) is 11.1 Å². The van der Waals surface area contributed by atoms with Crippen LogP contribution in [0.15, 0.2) is 42.5 Å². The molecule has 1 N–H and O–H groups in total. The average Bonchev–Trinajstić information content (AvgIpc) is 3.04. The van der Waals surface area contributed by atoms with Crippen LogP contribution < -0.4 is 10.2 Å². The lowest BCUT2D eigenvalue weighted by Crippen LogP contribution is -2.36. The first-order valence-corrected chi connectivity index (χ1v) is 8.73. The Morgan fingerprint density at radius 2 is 1.96 bits per heavy atom. The van der Waals surface area contributed by atoms with Crippen molar-refractivity contribution in [2.24, 2.45) is 0 Å². The van der Waals surface area contributed by atoms with E-state index in [1.807, 2.05) is 12.1 Å². The minimum atomic E-state index is -0.136. The first-order chi connectivity index (χ1) is 11.8. The number of morpholine rings is 1. The van der Waals surface area contributed by atoms with Gasteiger partial charge in [-0.3, -0.25) is 0 Å². The Morgan fingerprint density at radius 1 is 1.12 bits per heavy atom. The Balaban J connectivity index is 1.41. The Kier molecular flexibility index (Phi) is 4.50. The van der Waals surface area contributed by atoms with Gasteiger partial charge in [-0.05, 0) is 41.7 Å². The molecule has 1 heterocycles. The first-order valence-electron chi connectivity index (χ1n) is 8.73. The summed E-state index contributed by atoms with van der Waals surface area (Å²) in [5.74, 6) is -0.136. The predicted molar refractivity (Wildman–Crippen MR) is 93.8 cm³/mol. The minimum Gasteiger partial charge on any atom is -0.378 e. The van der Waals surface area contributed by atoms with Gasteiger partial charge in [0.2, 0.25) is 0 Å². The van der Waals surface area contributed by atoms with Crippen LogP contribution in [0.5, 0.6) is 0 Å². The number of fused-ring (bicyclic) bond motifs is 1. The number of benzene rings is 2. The van der Waals surface area contributed by atoms with Crippen molar-refractivity contribution in [2.45, 2.75) is 25.4 Å². The second kappa shape index (κ2) is 6.91. The number of halogens is 1. The van der Waals surface area contributed by atoms with Crippen LogP contribution in [0.25, 0.3) is 0 Å². The van der Waals surface area contributed by atoms with E-state index >= 15 is 0 Å². The van der Waals surface area contributed by atoms with Gasteiger partial charge in [0.25, 0.3) is 0 Å². The van der Waals surface area contributed by atoms with E-state index in [0.29, 0.717) is 31.5 Å². The SMILES string of the molecule is Fc1cc(CN[C@@H]2CCc3ccccc32)ccc1N1CCOCC1. The van der Waals surface area contributed by atoms with Crippen molar-refractivity contribution in [2.75, 3.05) is 31.2 Å². The number of rotatable bonds is 4. The van der Waals surface area contributed by atoms with Crippen LogP contribution in [0.2, 0.25) is 0 Å². The van der Waals surface area contributed by atoms with Gasteiger partial charge in [0, 0.05) is 25.7 Å². The summed E-state index contributed by atoms with van der Waals surface area (Å²) in [7, 11) is 0. The summed E-state index contributed by atoms with van der Waals surface area (Å²) in [5, 5.41) is 3.58. The molecular weight excluding hydrogens is 303 g/mol. The molecule has 4 heteroatoms. The average molecular weight is 326 g/mol. The number of nitrogens with zero attached hydrogens (tertiary/aromatic N) is 1. The molecule has 0 saturated carbocycles. The maximum Gasteiger partial charge on any atom is 0.146 e. The molecule has 0 aromatic heterocycles. The van der Waals surface area contributed by atoms with Gasteiger partial charge in [0.1, 0.15) is 5.82 Å². The second-order valence-electron chi connectivity index (χ2n) is 6.56. The van der Waals surface area contributed by atoms with E-state index in [2.05, 4.69) is 34.5 Å². The molecule has 1 aliphatic carbocycles. The summed E-state index contributed by atoms with van der Waals surface area (Å²) in [6.45, 7) is 3.55. The fourth-order valence-corrected chi connectivity index (χ4v) is 3.73. The van der Waals surface area contributed by atoms with Crippen molar-refractivity contribution in [1.82, 2.24) is 5.32 Å². The lowest BCUT2D eigenvalue weighted by Gasteiger charge is -2.29. The van der Waals surface area contributed by atoms with Crippen LogP contribution >= 0.6 is 0 Å². The van der Waals surface area contributed by atoms with Gasteiger partial charge in [0.05, 0.1) is 18.9 Å². The zero-order valence-corrected chi connectivity index (χ0v) is 13.8. The van der Waals surface area contributed by atoms with E-state index in [0.717, 1.165) is 31.5 Å². The van der Waals surface area contributed by atoms with E-state index < -0.39 is 0 Å². The molecule has 24 heavy (non-hydrogen) atoms. The van der Waals surface area contributed by atoms with E-state index in [4.69, 9.17) is 4.74 Å². The Labute approximate surface area is 142 Å². The Bertz CT molecular complexity index is 713. The normalized spacial score (nSPS) is 20.2. The quantitative estimate of drug-likeness (QED) is 0.931. The molecule has 0 unspecified atom stereocenters.